The lowest BCUT2D eigenvalue weighted by Crippen LogP contribution is -2.41. The molecule has 2 N–H and O–H groups in total. The van der Waals surface area contributed by atoms with Crippen molar-refractivity contribution in [1.29, 1.82) is 0 Å². The van der Waals surface area contributed by atoms with Crippen LogP contribution in [0.1, 0.15) is 37.1 Å². The first kappa shape index (κ1) is 23.0. The van der Waals surface area contributed by atoms with Crippen molar-refractivity contribution in [2.24, 2.45) is 5.92 Å². The van der Waals surface area contributed by atoms with Crippen molar-refractivity contribution in [2.75, 3.05) is 26.2 Å². The molecule has 0 aliphatic carbocycles. The third kappa shape index (κ3) is 7.18. The number of ether oxygens (including phenoxy) is 1. The number of nitrogens with zero attached hydrogens (tertiary/aromatic N) is 3. The van der Waals surface area contributed by atoms with E-state index in [0.29, 0.717) is 5.92 Å². The van der Waals surface area contributed by atoms with Gasteiger partial charge in [-0.25, -0.2) is 4.98 Å². The fourth-order valence-electron chi connectivity index (χ4n) is 4.11. The monoisotopic (exact) mass is 428 g/mol. The van der Waals surface area contributed by atoms with Gasteiger partial charge >= 0.3 is 0 Å². The third-order valence-electron chi connectivity index (χ3n) is 5.86. The second-order valence-electron chi connectivity index (χ2n) is 8.03. The number of carboxylic acid groups (broad SMARTS) is 1. The van der Waals surface area contributed by atoms with Gasteiger partial charge in [0.15, 0.2) is 0 Å². The van der Waals surface area contributed by atoms with Crippen molar-refractivity contribution in [1.82, 2.24) is 19.8 Å². The summed E-state index contributed by atoms with van der Waals surface area (Å²) in [6.45, 7) is 5.10. The molecule has 0 spiro atoms. The summed E-state index contributed by atoms with van der Waals surface area (Å²) < 4.78 is 7.69. The number of piperidine rings is 1. The van der Waals surface area contributed by atoms with Gasteiger partial charge in [-0.05, 0) is 50.3 Å². The number of carbonyl (C=O) groups excluding carboxylic acids is 1. The van der Waals surface area contributed by atoms with E-state index < -0.39 is 0 Å². The van der Waals surface area contributed by atoms with Crippen molar-refractivity contribution < 1.29 is 19.4 Å². The Kier molecular flexibility index (Phi) is 9.05. The summed E-state index contributed by atoms with van der Waals surface area (Å²) in [6, 6.07) is 10.5. The SMILES string of the molecule is O=C(NCC1CCN(Cc2nccn2Cc2ccccc2)CC1)C1CCCO1.O=CO. The van der Waals surface area contributed by atoms with E-state index in [4.69, 9.17) is 14.6 Å². The number of imidazole rings is 1. The first-order valence-electron chi connectivity index (χ1n) is 10.9. The van der Waals surface area contributed by atoms with Gasteiger partial charge in [0.05, 0.1) is 6.54 Å². The predicted octanol–water partition coefficient (Wildman–Crippen LogP) is 2.14. The summed E-state index contributed by atoms with van der Waals surface area (Å²) in [5, 5.41) is 9.98. The van der Waals surface area contributed by atoms with Crippen LogP contribution >= 0.6 is 0 Å². The molecule has 2 fully saturated rings. The fraction of sp³-hybridized carbons (Fsp3) is 0.522. The van der Waals surface area contributed by atoms with Crippen molar-refractivity contribution in [3.05, 3.63) is 54.1 Å². The molecule has 2 aliphatic rings. The second-order valence-corrected chi connectivity index (χ2v) is 8.03. The zero-order chi connectivity index (χ0) is 21.9. The summed E-state index contributed by atoms with van der Waals surface area (Å²) in [5.74, 6) is 1.75. The maximum atomic E-state index is 12.1. The highest BCUT2D eigenvalue weighted by atomic mass is 16.5. The molecule has 31 heavy (non-hydrogen) atoms. The van der Waals surface area contributed by atoms with E-state index in [1.165, 1.54) is 5.56 Å². The number of benzene rings is 1. The maximum Gasteiger partial charge on any atom is 0.290 e. The van der Waals surface area contributed by atoms with Gasteiger partial charge in [-0.3, -0.25) is 14.5 Å². The van der Waals surface area contributed by atoms with Gasteiger partial charge in [0, 0.05) is 32.1 Å². The fourth-order valence-corrected chi connectivity index (χ4v) is 4.11. The van der Waals surface area contributed by atoms with Gasteiger partial charge < -0.3 is 19.7 Å². The normalized spacial score (nSPS) is 19.4. The molecular formula is C23H32N4O4. The minimum absolute atomic E-state index is 0.0721. The number of rotatable bonds is 7. The van der Waals surface area contributed by atoms with Crippen molar-refractivity contribution in [3.8, 4) is 0 Å². The van der Waals surface area contributed by atoms with E-state index in [2.05, 4.69) is 50.2 Å². The highest BCUT2D eigenvalue weighted by molar-refractivity contribution is 5.80. The largest absolute Gasteiger partial charge is 0.483 e. The van der Waals surface area contributed by atoms with Gasteiger partial charge in [-0.1, -0.05) is 30.3 Å². The molecule has 8 heteroatoms. The molecule has 0 bridgehead atoms. The Morgan fingerprint density at radius 2 is 1.94 bits per heavy atom. The second kappa shape index (κ2) is 12.2. The minimum atomic E-state index is -0.250. The van der Waals surface area contributed by atoms with Crippen LogP contribution in [0, 0.1) is 5.92 Å². The molecule has 2 saturated heterocycles. The Bertz CT molecular complexity index is 797. The van der Waals surface area contributed by atoms with Gasteiger partial charge in [0.2, 0.25) is 5.91 Å². The quantitative estimate of drug-likeness (QED) is 0.656. The van der Waals surface area contributed by atoms with Crippen LogP contribution in [0.2, 0.25) is 0 Å². The summed E-state index contributed by atoms with van der Waals surface area (Å²) in [7, 11) is 0. The average molecular weight is 429 g/mol. The van der Waals surface area contributed by atoms with Gasteiger partial charge in [0.25, 0.3) is 6.47 Å². The van der Waals surface area contributed by atoms with E-state index in [9.17, 15) is 4.79 Å². The number of hydrogen-bond acceptors (Lipinski definition) is 5. The summed E-state index contributed by atoms with van der Waals surface area (Å²) >= 11 is 0. The van der Waals surface area contributed by atoms with Gasteiger partial charge in [-0.2, -0.15) is 0 Å². The molecule has 1 aromatic heterocycles. The van der Waals surface area contributed by atoms with Crippen LogP contribution in [0.3, 0.4) is 0 Å². The molecule has 3 heterocycles. The van der Waals surface area contributed by atoms with Crippen molar-refractivity contribution in [3.63, 3.8) is 0 Å². The van der Waals surface area contributed by atoms with E-state index >= 15 is 0 Å². The molecule has 0 radical (unpaired) electrons. The van der Waals surface area contributed by atoms with E-state index in [0.717, 1.165) is 70.8 Å². The first-order chi connectivity index (χ1) is 15.2. The predicted molar refractivity (Wildman–Crippen MR) is 116 cm³/mol. The lowest BCUT2D eigenvalue weighted by Gasteiger charge is -2.32. The van der Waals surface area contributed by atoms with Crippen LogP contribution in [-0.2, 0) is 27.4 Å². The van der Waals surface area contributed by atoms with Crippen LogP contribution in [0.15, 0.2) is 42.7 Å². The van der Waals surface area contributed by atoms with Crippen molar-refractivity contribution in [2.45, 2.75) is 44.9 Å². The van der Waals surface area contributed by atoms with E-state index in [1.54, 1.807) is 0 Å². The van der Waals surface area contributed by atoms with Crippen LogP contribution in [0.5, 0.6) is 0 Å². The summed E-state index contributed by atoms with van der Waals surface area (Å²) in [4.78, 5) is 27.5. The Morgan fingerprint density at radius 1 is 1.19 bits per heavy atom. The Labute approximate surface area is 183 Å². The molecule has 2 aliphatic heterocycles. The van der Waals surface area contributed by atoms with Crippen LogP contribution in [0.25, 0.3) is 0 Å². The van der Waals surface area contributed by atoms with Crippen molar-refractivity contribution >= 4 is 12.4 Å². The number of aromatic nitrogens is 2. The molecule has 8 nitrogen and oxygen atoms in total. The Morgan fingerprint density at radius 3 is 2.61 bits per heavy atom. The number of likely N-dealkylation sites (tertiary alicyclic amines) is 1. The van der Waals surface area contributed by atoms with E-state index in [1.807, 2.05) is 12.3 Å². The summed E-state index contributed by atoms with van der Waals surface area (Å²) in [6.07, 6.45) is 7.83. The molecular weight excluding hydrogens is 396 g/mol. The average Bonchev–Trinajstić information content (AvgIpc) is 3.47. The zero-order valence-corrected chi connectivity index (χ0v) is 17.9. The molecule has 4 rings (SSSR count). The van der Waals surface area contributed by atoms with E-state index in [-0.39, 0.29) is 18.5 Å². The number of hydrogen-bond donors (Lipinski definition) is 2. The van der Waals surface area contributed by atoms with Crippen LogP contribution in [-0.4, -0.2) is 64.3 Å². The molecule has 1 amide bonds. The third-order valence-corrected chi connectivity index (χ3v) is 5.86. The molecule has 168 valence electrons. The summed E-state index contributed by atoms with van der Waals surface area (Å²) in [5.41, 5.74) is 1.29. The highest BCUT2D eigenvalue weighted by Crippen LogP contribution is 2.19. The zero-order valence-electron chi connectivity index (χ0n) is 17.9. The minimum Gasteiger partial charge on any atom is -0.483 e. The molecule has 0 saturated carbocycles. The molecule has 1 atom stereocenters. The topological polar surface area (TPSA) is 96.7 Å². The standard InChI is InChI=1S/C22H30N4O2.CH2O2/c27-22(20-7-4-14-28-20)24-15-18-8-11-25(12-9-18)17-21-23-10-13-26(21)16-19-5-2-1-3-6-19;2-1-3/h1-3,5-6,10,13,18,20H,4,7-9,11-12,14-17H2,(H,24,27);1H,(H,2,3). The lowest BCUT2D eigenvalue weighted by molar-refractivity contribution is -0.130. The molecule has 2 aromatic rings. The Hall–Kier alpha value is -2.71. The first-order valence-corrected chi connectivity index (χ1v) is 10.9. The number of carbonyl (C=O) groups is 2. The number of nitrogens with one attached hydrogen (secondary N) is 1. The van der Waals surface area contributed by atoms with Crippen LogP contribution in [0.4, 0.5) is 0 Å². The van der Waals surface area contributed by atoms with Crippen LogP contribution < -0.4 is 5.32 Å². The highest BCUT2D eigenvalue weighted by Gasteiger charge is 2.25. The maximum absolute atomic E-state index is 12.1. The molecule has 1 unspecified atom stereocenters. The molecule has 1 aromatic carbocycles. The van der Waals surface area contributed by atoms with Gasteiger partial charge in [-0.15, -0.1) is 0 Å². The Balaban J connectivity index is 0.000000858. The number of amides is 1. The van der Waals surface area contributed by atoms with Gasteiger partial charge in [0.1, 0.15) is 11.9 Å². The lowest BCUT2D eigenvalue weighted by atomic mass is 9.96. The smallest absolute Gasteiger partial charge is 0.290 e.